The first-order chi connectivity index (χ1) is 29.2. The van der Waals surface area contributed by atoms with Crippen molar-refractivity contribution in [3.05, 3.63) is 162 Å². The third-order valence-corrected chi connectivity index (χ3v) is 14.6. The normalized spacial score (nSPS) is 27.8. The van der Waals surface area contributed by atoms with Gasteiger partial charge in [-0.3, -0.25) is 0 Å². The second-order valence-electron chi connectivity index (χ2n) is 18.3. The predicted molar refractivity (Wildman–Crippen MR) is 227 cm³/mol. The second-order valence-corrected chi connectivity index (χ2v) is 18.3. The minimum atomic E-state index is -0.414. The number of fused-ring (bicyclic) bond motifs is 10. The van der Waals surface area contributed by atoms with E-state index in [0.29, 0.717) is 5.92 Å². The van der Waals surface area contributed by atoms with Gasteiger partial charge in [-0.1, -0.05) is 99.1 Å². The Hall–Kier alpha value is -5.68. The van der Waals surface area contributed by atoms with E-state index in [1.807, 2.05) is 37.2 Å². The third-order valence-electron chi connectivity index (χ3n) is 14.6. The highest BCUT2D eigenvalue weighted by molar-refractivity contribution is 5.71. The van der Waals surface area contributed by atoms with Crippen LogP contribution in [0.15, 0.2) is 129 Å². The molecule has 2 saturated carbocycles. The Balaban J connectivity index is 0.000000103. The number of nitrogens with zero attached hydrogens (tertiary/aromatic N) is 6. The van der Waals surface area contributed by atoms with E-state index in [1.54, 1.807) is 18.6 Å². The van der Waals surface area contributed by atoms with Crippen LogP contribution in [0.1, 0.15) is 91.6 Å². The molecule has 3 aliphatic carbocycles. The first kappa shape index (κ1) is 37.3. The molecule has 2 fully saturated rings. The molecule has 0 amide bonds. The molecule has 0 radical (unpaired) electrons. The Labute approximate surface area is 348 Å². The molecule has 3 N–H and O–H groups in total. The monoisotopic (exact) mass is 800 g/mol. The van der Waals surface area contributed by atoms with Crippen molar-refractivity contribution >= 4 is 0 Å². The molecular weight excluding hydrogens is 752 g/mol. The average Bonchev–Trinajstić information content (AvgIpc) is 4.12. The van der Waals surface area contributed by atoms with E-state index in [1.165, 1.54) is 39.6 Å². The van der Waals surface area contributed by atoms with Crippen LogP contribution in [0.3, 0.4) is 0 Å². The van der Waals surface area contributed by atoms with Crippen molar-refractivity contribution in [2.75, 3.05) is 0 Å². The zero-order valence-corrected chi connectivity index (χ0v) is 33.8. The Morgan fingerprint density at radius 1 is 0.583 bits per heavy atom. The number of aliphatic hydroxyl groups is 3. The van der Waals surface area contributed by atoms with Crippen LogP contribution in [0.4, 0.5) is 4.39 Å². The summed E-state index contributed by atoms with van der Waals surface area (Å²) in [5.74, 6) is 0.444. The lowest BCUT2D eigenvalue weighted by Gasteiger charge is -2.51. The van der Waals surface area contributed by atoms with Gasteiger partial charge in [0.15, 0.2) is 0 Å². The fourth-order valence-electron chi connectivity index (χ4n) is 11.7. The van der Waals surface area contributed by atoms with Gasteiger partial charge in [-0.25, -0.2) is 19.3 Å². The summed E-state index contributed by atoms with van der Waals surface area (Å²) in [4.78, 5) is 12.8. The van der Waals surface area contributed by atoms with Gasteiger partial charge in [-0.05, 0) is 71.0 Å². The molecule has 60 heavy (non-hydrogen) atoms. The van der Waals surface area contributed by atoms with Gasteiger partial charge < -0.3 is 29.0 Å². The number of aromatic nitrogens is 6. The highest BCUT2D eigenvalue weighted by Crippen LogP contribution is 2.56. The summed E-state index contributed by atoms with van der Waals surface area (Å²) in [5.41, 5.74) is 12.9. The lowest BCUT2D eigenvalue weighted by Crippen LogP contribution is -2.51. The van der Waals surface area contributed by atoms with E-state index in [2.05, 4.69) is 109 Å². The molecule has 6 heterocycles. The number of imidazole rings is 3. The number of hydrogen-bond acceptors (Lipinski definition) is 6. The van der Waals surface area contributed by atoms with Crippen LogP contribution < -0.4 is 0 Å². The SMILES string of the molecule is CC1(C)CC(C2c3ccccc3-c3cncn32)C1O.OC1CCCC1C1c2ccc(F)cc2-c2cncn21.OC1c2ccccc2CC1C1c2ccccc2-c2cncn21. The van der Waals surface area contributed by atoms with Gasteiger partial charge in [0.25, 0.3) is 0 Å². The quantitative estimate of drug-likeness (QED) is 0.165. The second kappa shape index (κ2) is 14.2. The van der Waals surface area contributed by atoms with E-state index < -0.39 is 6.10 Å². The Bertz CT molecular complexity index is 2730. The Morgan fingerprint density at radius 2 is 1.10 bits per heavy atom. The van der Waals surface area contributed by atoms with Crippen LogP contribution in [0.5, 0.6) is 0 Å². The smallest absolute Gasteiger partial charge is 0.123 e. The van der Waals surface area contributed by atoms with E-state index in [0.717, 1.165) is 60.2 Å². The minimum absolute atomic E-state index is 0.0446. The first-order valence-electron chi connectivity index (χ1n) is 21.4. The maximum atomic E-state index is 13.5. The molecule has 7 aromatic rings. The molecule has 10 heteroatoms. The molecule has 0 spiro atoms. The van der Waals surface area contributed by atoms with E-state index >= 15 is 0 Å². The highest BCUT2D eigenvalue weighted by atomic mass is 19.1. The summed E-state index contributed by atoms with van der Waals surface area (Å²) in [6.07, 6.45) is 15.2. The average molecular weight is 801 g/mol. The topological polar surface area (TPSA) is 114 Å². The Morgan fingerprint density at radius 3 is 1.65 bits per heavy atom. The molecule has 6 aliphatic rings. The molecule has 9 unspecified atom stereocenters. The van der Waals surface area contributed by atoms with Crippen molar-refractivity contribution < 1.29 is 19.7 Å². The largest absolute Gasteiger partial charge is 0.393 e. The van der Waals surface area contributed by atoms with Crippen molar-refractivity contribution in [1.29, 1.82) is 0 Å². The number of benzene rings is 4. The summed E-state index contributed by atoms with van der Waals surface area (Å²) < 4.78 is 20.0. The number of aliphatic hydroxyl groups excluding tert-OH is 3. The maximum Gasteiger partial charge on any atom is 0.123 e. The maximum absolute atomic E-state index is 13.5. The minimum Gasteiger partial charge on any atom is -0.393 e. The lowest BCUT2D eigenvalue weighted by atomic mass is 9.58. The van der Waals surface area contributed by atoms with Crippen molar-refractivity contribution in [1.82, 2.24) is 28.7 Å². The fraction of sp³-hybridized carbons (Fsp3) is 0.340. The standard InChI is InChI=1S/C19H16N2O.C16H18N2O.C15H15FN2O/c22-19-13-6-2-1-5-12(13)9-16(19)18-15-8-4-3-7-14(15)17-10-20-11-21(17)18;1-16(2)7-12(15(16)19)14-11-6-4-3-5-10(11)13-8-17-9-18(13)14;16-9-4-5-10-12(6-9)13-7-17-8-18(13)15(10)11-2-1-3-14(11)19/h1-8,10-11,16,18-19,22H,9H2;3-6,8-9,12,14-15,19H,7H2,1-2H3;4-8,11,14-15,19H,1-3H2. The lowest BCUT2D eigenvalue weighted by molar-refractivity contribution is -0.112. The summed E-state index contributed by atoms with van der Waals surface area (Å²) in [7, 11) is 0. The van der Waals surface area contributed by atoms with E-state index in [9.17, 15) is 19.7 Å². The first-order valence-corrected chi connectivity index (χ1v) is 21.4. The number of rotatable bonds is 3. The predicted octanol–water partition coefficient (Wildman–Crippen LogP) is 8.97. The molecule has 9 nitrogen and oxygen atoms in total. The summed E-state index contributed by atoms with van der Waals surface area (Å²) in [6.45, 7) is 4.29. The summed E-state index contributed by atoms with van der Waals surface area (Å²) >= 11 is 0. The summed E-state index contributed by atoms with van der Waals surface area (Å²) in [6, 6.07) is 30.7. The van der Waals surface area contributed by atoms with Gasteiger partial charge in [0.05, 0.1) is 91.1 Å². The third kappa shape index (κ3) is 5.71. The van der Waals surface area contributed by atoms with Crippen molar-refractivity contribution in [3.63, 3.8) is 0 Å². The van der Waals surface area contributed by atoms with Crippen LogP contribution in [0.25, 0.3) is 33.8 Å². The zero-order chi connectivity index (χ0) is 40.9. The summed E-state index contributed by atoms with van der Waals surface area (Å²) in [5, 5.41) is 31.5. The molecule has 0 saturated heterocycles. The molecule has 9 atom stereocenters. The molecular formula is C50H49FN6O3. The van der Waals surface area contributed by atoms with Crippen molar-refractivity contribution in [2.24, 2.45) is 23.2 Å². The van der Waals surface area contributed by atoms with Crippen LogP contribution in [0, 0.1) is 29.0 Å². The van der Waals surface area contributed by atoms with Crippen LogP contribution in [-0.4, -0.2) is 56.2 Å². The van der Waals surface area contributed by atoms with E-state index in [4.69, 9.17) is 0 Å². The molecule has 304 valence electrons. The van der Waals surface area contributed by atoms with Crippen LogP contribution >= 0.6 is 0 Å². The van der Waals surface area contributed by atoms with E-state index in [-0.39, 0.29) is 53.4 Å². The van der Waals surface area contributed by atoms with Gasteiger partial charge in [0.2, 0.25) is 0 Å². The molecule has 0 bridgehead atoms. The van der Waals surface area contributed by atoms with Crippen molar-refractivity contribution in [3.8, 4) is 33.8 Å². The Kier molecular flexibility index (Phi) is 8.85. The number of hydrogen-bond donors (Lipinski definition) is 3. The zero-order valence-electron chi connectivity index (χ0n) is 33.8. The molecule has 13 rings (SSSR count). The number of halogens is 1. The van der Waals surface area contributed by atoms with Crippen LogP contribution in [-0.2, 0) is 6.42 Å². The van der Waals surface area contributed by atoms with Crippen LogP contribution in [0.2, 0.25) is 0 Å². The van der Waals surface area contributed by atoms with Gasteiger partial charge in [-0.2, -0.15) is 0 Å². The van der Waals surface area contributed by atoms with Gasteiger partial charge in [0.1, 0.15) is 5.82 Å². The van der Waals surface area contributed by atoms with Crippen molar-refractivity contribution in [2.45, 2.75) is 82.4 Å². The molecule has 3 aromatic heterocycles. The molecule has 4 aromatic carbocycles. The highest BCUT2D eigenvalue weighted by Gasteiger charge is 2.52. The van der Waals surface area contributed by atoms with Gasteiger partial charge in [-0.15, -0.1) is 0 Å². The fourth-order valence-corrected chi connectivity index (χ4v) is 11.7. The van der Waals surface area contributed by atoms with Gasteiger partial charge >= 0.3 is 0 Å². The molecule has 3 aliphatic heterocycles. The van der Waals surface area contributed by atoms with Gasteiger partial charge in [0, 0.05) is 34.4 Å².